The van der Waals surface area contributed by atoms with Gasteiger partial charge in [-0.15, -0.1) is 41.0 Å². The Labute approximate surface area is 322 Å². The van der Waals surface area contributed by atoms with E-state index in [1.54, 1.807) is 0 Å². The molecule has 53 heavy (non-hydrogen) atoms. The summed E-state index contributed by atoms with van der Waals surface area (Å²) in [5.74, 6) is 1.78. The van der Waals surface area contributed by atoms with E-state index < -0.39 is 0 Å². The summed E-state index contributed by atoms with van der Waals surface area (Å²) in [5.41, 5.74) is 13.1. The number of rotatable bonds is 5. The van der Waals surface area contributed by atoms with Gasteiger partial charge in [0.05, 0.1) is 16.9 Å². The summed E-state index contributed by atoms with van der Waals surface area (Å²) in [7, 11) is 2.08. The van der Waals surface area contributed by atoms with Crippen molar-refractivity contribution in [2.75, 3.05) is 4.90 Å². The van der Waals surface area contributed by atoms with Crippen LogP contribution in [-0.4, -0.2) is 19.1 Å². The van der Waals surface area contributed by atoms with Crippen LogP contribution in [0.2, 0.25) is 0 Å². The van der Waals surface area contributed by atoms with Gasteiger partial charge in [-0.05, 0) is 77.0 Å². The average molecular weight is 776 g/mol. The standard InChI is InChI=1S/C47H35N5.Pd/c1-47(2)36-21-8-11-24-39(36)51(34-18-5-4-6-19-34)45-43-35-20-7-10-23-38(35)52(42-26-13-14-27-48-42)41(43)30-33(44(45)47)29-31-16-15-17-32(28-31)46-49-37-22-9-12-25-40(37)50(46)3;/h4-27H,29H2,1-3H3;/q-2;+2. The van der Waals surface area contributed by atoms with Crippen LogP contribution in [0.1, 0.15) is 36.1 Å². The van der Waals surface area contributed by atoms with Gasteiger partial charge in [-0.1, -0.05) is 97.5 Å². The summed E-state index contributed by atoms with van der Waals surface area (Å²) >= 11 is 0. The second-order valence-electron chi connectivity index (χ2n) is 14.2. The van der Waals surface area contributed by atoms with Crippen molar-refractivity contribution in [1.29, 1.82) is 0 Å². The minimum absolute atomic E-state index is 0. The van der Waals surface area contributed by atoms with Gasteiger partial charge in [0.25, 0.3) is 0 Å². The van der Waals surface area contributed by atoms with E-state index >= 15 is 0 Å². The summed E-state index contributed by atoms with van der Waals surface area (Å²) in [5, 5.41) is 2.34. The van der Waals surface area contributed by atoms with Crippen LogP contribution in [0.3, 0.4) is 0 Å². The number of benzene rings is 6. The topological polar surface area (TPSA) is 38.9 Å². The third-order valence-electron chi connectivity index (χ3n) is 10.7. The second-order valence-corrected chi connectivity index (χ2v) is 14.2. The largest absolute Gasteiger partial charge is 2.00 e. The zero-order chi connectivity index (χ0) is 35.0. The van der Waals surface area contributed by atoms with Gasteiger partial charge in [0.1, 0.15) is 5.82 Å². The van der Waals surface area contributed by atoms with Crippen molar-refractivity contribution >= 4 is 49.9 Å². The number of hydrogen-bond donors (Lipinski definition) is 0. The van der Waals surface area contributed by atoms with Crippen LogP contribution in [-0.2, 0) is 39.3 Å². The molecule has 0 saturated heterocycles. The van der Waals surface area contributed by atoms with E-state index in [1.165, 1.54) is 33.3 Å². The fourth-order valence-electron chi connectivity index (χ4n) is 8.45. The molecule has 6 heteroatoms. The third kappa shape index (κ3) is 5.09. The first-order chi connectivity index (χ1) is 25.5. The van der Waals surface area contributed by atoms with Gasteiger partial charge in [-0.2, -0.15) is 11.6 Å². The van der Waals surface area contributed by atoms with Gasteiger partial charge >= 0.3 is 20.4 Å². The molecule has 0 spiro atoms. The number of anilines is 3. The van der Waals surface area contributed by atoms with E-state index in [-0.39, 0.29) is 25.8 Å². The maximum absolute atomic E-state index is 5.01. The van der Waals surface area contributed by atoms with Crippen molar-refractivity contribution < 1.29 is 20.4 Å². The van der Waals surface area contributed by atoms with Crippen molar-refractivity contribution in [3.05, 3.63) is 180 Å². The number of imidazole rings is 1. The molecule has 0 N–H and O–H groups in total. The molecule has 5 nitrogen and oxygen atoms in total. The predicted octanol–water partition coefficient (Wildman–Crippen LogP) is 11.0. The molecular formula is C47H35N5Pd. The molecule has 0 radical (unpaired) electrons. The summed E-state index contributed by atoms with van der Waals surface area (Å²) in [6.07, 6.45) is 2.51. The molecule has 0 bridgehead atoms. The fraction of sp³-hybridized carbons (Fsp3) is 0.106. The van der Waals surface area contributed by atoms with Gasteiger partial charge in [0, 0.05) is 30.1 Å². The van der Waals surface area contributed by atoms with Gasteiger partial charge < -0.3 is 14.0 Å². The molecule has 0 atom stereocenters. The molecule has 3 aromatic heterocycles. The Bertz CT molecular complexity index is 2820. The molecule has 6 aromatic carbocycles. The van der Waals surface area contributed by atoms with Gasteiger partial charge in [0.2, 0.25) is 0 Å². The quantitative estimate of drug-likeness (QED) is 0.129. The van der Waals surface area contributed by atoms with Crippen LogP contribution in [0, 0.1) is 12.1 Å². The van der Waals surface area contributed by atoms with Gasteiger partial charge in [-0.3, -0.25) is 4.98 Å². The first-order valence-corrected chi connectivity index (χ1v) is 17.8. The van der Waals surface area contributed by atoms with Gasteiger partial charge in [0.15, 0.2) is 0 Å². The Morgan fingerprint density at radius 2 is 1.43 bits per heavy atom. The fourth-order valence-corrected chi connectivity index (χ4v) is 8.45. The molecule has 4 heterocycles. The van der Waals surface area contributed by atoms with E-state index in [0.29, 0.717) is 6.42 Å². The van der Waals surface area contributed by atoms with Crippen molar-refractivity contribution in [2.45, 2.75) is 25.7 Å². The third-order valence-corrected chi connectivity index (χ3v) is 10.7. The number of aryl methyl sites for hydroxylation is 1. The molecular weight excluding hydrogens is 741 g/mol. The van der Waals surface area contributed by atoms with E-state index in [9.17, 15) is 0 Å². The van der Waals surface area contributed by atoms with Crippen LogP contribution in [0.15, 0.2) is 146 Å². The van der Waals surface area contributed by atoms with E-state index in [4.69, 9.17) is 9.97 Å². The van der Waals surface area contributed by atoms with Crippen LogP contribution in [0.5, 0.6) is 0 Å². The second kappa shape index (κ2) is 12.7. The Kier molecular flexibility index (Phi) is 7.93. The summed E-state index contributed by atoms with van der Waals surface area (Å²) < 4.78 is 4.44. The Morgan fingerprint density at radius 3 is 2.25 bits per heavy atom. The maximum Gasteiger partial charge on any atom is 2.00 e. The number of nitrogens with zero attached hydrogens (tertiary/aromatic N) is 5. The maximum atomic E-state index is 5.01. The summed E-state index contributed by atoms with van der Waals surface area (Å²) in [6, 6.07) is 57.0. The molecule has 258 valence electrons. The number of hydrogen-bond acceptors (Lipinski definition) is 3. The molecule has 0 aliphatic carbocycles. The Hall–Kier alpha value is -5.80. The van der Waals surface area contributed by atoms with Crippen molar-refractivity contribution in [3.63, 3.8) is 0 Å². The van der Waals surface area contributed by atoms with Crippen LogP contribution in [0.25, 0.3) is 50.0 Å². The first kappa shape index (κ1) is 33.1. The van der Waals surface area contributed by atoms with E-state index in [2.05, 4.69) is 174 Å². The van der Waals surface area contributed by atoms with Crippen LogP contribution in [0.4, 0.5) is 17.1 Å². The SMILES string of the molecule is Cn1c(-c2[c-]c(Cc3[c-]c4c(c5c3C(C)(C)c3ccccc3N5c3ccccc3)c3ccccc3n4-c3ccccn3)ccc2)nc2ccccc21.[Pd+2]. The number of aromatic nitrogens is 4. The van der Waals surface area contributed by atoms with E-state index in [1.807, 2.05) is 18.3 Å². The summed E-state index contributed by atoms with van der Waals surface area (Å²) in [4.78, 5) is 12.4. The van der Waals surface area contributed by atoms with Crippen LogP contribution >= 0.6 is 0 Å². The average Bonchev–Trinajstić information content (AvgIpc) is 3.70. The molecule has 0 amide bonds. The van der Waals surface area contributed by atoms with Gasteiger partial charge in [-0.25, -0.2) is 4.98 Å². The Morgan fingerprint density at radius 1 is 0.698 bits per heavy atom. The molecule has 0 saturated carbocycles. The monoisotopic (exact) mass is 775 g/mol. The molecule has 10 rings (SSSR count). The summed E-state index contributed by atoms with van der Waals surface area (Å²) in [6.45, 7) is 4.74. The molecule has 0 fully saturated rings. The normalized spacial score (nSPS) is 13.2. The molecule has 1 aliphatic rings. The molecule has 0 unspecified atom stereocenters. The van der Waals surface area contributed by atoms with Crippen LogP contribution < -0.4 is 4.90 Å². The van der Waals surface area contributed by atoms with Crippen molar-refractivity contribution in [3.8, 4) is 17.2 Å². The smallest absolute Gasteiger partial charge is 0.367 e. The minimum Gasteiger partial charge on any atom is -0.367 e. The first-order valence-electron chi connectivity index (χ1n) is 17.8. The molecule has 1 aliphatic heterocycles. The van der Waals surface area contributed by atoms with E-state index in [0.717, 1.165) is 56.1 Å². The van der Waals surface area contributed by atoms with Crippen molar-refractivity contribution in [1.82, 2.24) is 19.1 Å². The zero-order valence-electron chi connectivity index (χ0n) is 29.6. The number of pyridine rings is 1. The number of para-hydroxylation sites is 5. The predicted molar refractivity (Wildman–Crippen MR) is 212 cm³/mol. The molecule has 9 aromatic rings. The van der Waals surface area contributed by atoms with Crippen molar-refractivity contribution in [2.24, 2.45) is 7.05 Å². The minimum atomic E-state index is -0.333. The Balaban J connectivity index is 0.00000372. The number of fused-ring (bicyclic) bond motifs is 7. The zero-order valence-corrected chi connectivity index (χ0v) is 31.2.